The molecule has 5 heteroatoms. The average Bonchev–Trinajstić information content (AvgIpc) is 2.26. The third-order valence-electron chi connectivity index (χ3n) is 2.10. The number of primary amides is 1. The van der Waals surface area contributed by atoms with E-state index in [1.807, 2.05) is 18.2 Å². The number of rotatable bonds is 1. The Hall–Kier alpha value is -1.32. The monoisotopic (exact) mass is 269 g/mol. The molecule has 1 heterocycles. The van der Waals surface area contributed by atoms with E-state index in [9.17, 15) is 4.79 Å². The second-order valence-electron chi connectivity index (χ2n) is 3.13. The van der Waals surface area contributed by atoms with E-state index in [4.69, 9.17) is 5.73 Å². The van der Waals surface area contributed by atoms with Crippen LogP contribution in [-0.4, -0.2) is 26.7 Å². The molecule has 0 bridgehead atoms. The quantitative estimate of drug-likeness (QED) is 0.555. The van der Waals surface area contributed by atoms with E-state index in [0.717, 1.165) is 23.0 Å². The van der Waals surface area contributed by atoms with E-state index in [0.29, 0.717) is 15.0 Å². The average molecular weight is 268 g/mol. The summed E-state index contributed by atoms with van der Waals surface area (Å²) < 4.78 is 1.35. The van der Waals surface area contributed by atoms with Gasteiger partial charge in [-0.25, -0.2) is 0 Å². The van der Waals surface area contributed by atoms with Gasteiger partial charge in [-0.2, -0.15) is 0 Å². The summed E-state index contributed by atoms with van der Waals surface area (Å²) in [6.07, 6.45) is 0.914. The van der Waals surface area contributed by atoms with Crippen molar-refractivity contribution in [2.75, 3.05) is 0 Å². The van der Waals surface area contributed by atoms with Crippen LogP contribution in [0.5, 0.6) is 0 Å². The van der Waals surface area contributed by atoms with Gasteiger partial charge in [-0.1, -0.05) is 0 Å². The predicted octanol–water partition coefficient (Wildman–Crippen LogP) is 0.210. The molecule has 0 fully saturated rings. The fourth-order valence-electron chi connectivity index (χ4n) is 1.46. The van der Waals surface area contributed by atoms with Crippen molar-refractivity contribution in [3.63, 3.8) is 0 Å². The van der Waals surface area contributed by atoms with Crippen molar-refractivity contribution in [1.82, 2.24) is 5.43 Å². The molecule has 0 radical (unpaired) electrons. The molecule has 2 amide bonds. The van der Waals surface area contributed by atoms with E-state index in [1.165, 1.54) is 4.46 Å². The molecule has 15 heavy (non-hydrogen) atoms. The van der Waals surface area contributed by atoms with Crippen LogP contribution in [0.15, 0.2) is 29.4 Å². The molecule has 1 aliphatic rings. The van der Waals surface area contributed by atoms with Crippen LogP contribution in [0.2, 0.25) is 5.32 Å². The maximum atomic E-state index is 10.6. The van der Waals surface area contributed by atoms with E-state index in [-0.39, 0.29) is 0 Å². The van der Waals surface area contributed by atoms with Crippen LogP contribution < -0.4 is 15.6 Å². The summed E-state index contributed by atoms with van der Waals surface area (Å²) >= 11 is 0.530. The van der Waals surface area contributed by atoms with Crippen molar-refractivity contribution >= 4 is 31.2 Å². The summed E-state index contributed by atoms with van der Waals surface area (Å²) in [5.74, 6) is 0. The third-order valence-corrected chi connectivity index (χ3v) is 4.35. The topological polar surface area (TPSA) is 67.5 Å². The second kappa shape index (κ2) is 4.47. The zero-order chi connectivity index (χ0) is 10.7. The third kappa shape index (κ3) is 2.37. The van der Waals surface area contributed by atoms with Gasteiger partial charge < -0.3 is 0 Å². The molecule has 3 N–H and O–H groups in total. The number of nitrogens with one attached hydrogen (secondary N) is 1. The normalized spacial score (nSPS) is 17.2. The van der Waals surface area contributed by atoms with Gasteiger partial charge in [0.1, 0.15) is 0 Å². The number of nitrogens with two attached hydrogens (primary N) is 1. The van der Waals surface area contributed by atoms with Crippen molar-refractivity contribution in [2.45, 2.75) is 11.7 Å². The Morgan fingerprint density at radius 3 is 3.07 bits per heavy atom. The Morgan fingerprint density at radius 1 is 1.47 bits per heavy atom. The Labute approximate surface area is 94.1 Å². The van der Waals surface area contributed by atoms with Crippen molar-refractivity contribution in [2.24, 2.45) is 10.8 Å². The first kappa shape index (κ1) is 10.2. The van der Waals surface area contributed by atoms with Crippen LogP contribution in [0.25, 0.3) is 0 Å². The number of nitrogens with zero attached hydrogens (tertiary/aromatic N) is 1. The van der Waals surface area contributed by atoms with E-state index in [1.54, 1.807) is 0 Å². The van der Waals surface area contributed by atoms with Crippen LogP contribution in [0.4, 0.5) is 4.79 Å². The predicted molar refractivity (Wildman–Crippen MR) is 60.5 cm³/mol. The van der Waals surface area contributed by atoms with Crippen LogP contribution in [0, 0.1) is 0 Å². The molecule has 0 atom stereocenters. The maximum absolute atomic E-state index is 10.6. The van der Waals surface area contributed by atoms with Crippen LogP contribution in [0.1, 0.15) is 12.0 Å². The summed E-state index contributed by atoms with van der Waals surface area (Å²) in [6.45, 7) is 0. The minimum absolute atomic E-state index is 0.530. The van der Waals surface area contributed by atoms with Gasteiger partial charge in [0.25, 0.3) is 0 Å². The summed E-state index contributed by atoms with van der Waals surface area (Å²) in [7, 11) is 0. The first-order valence-corrected chi connectivity index (χ1v) is 6.68. The zero-order valence-corrected chi connectivity index (χ0v) is 9.78. The zero-order valence-electron chi connectivity index (χ0n) is 8.06. The molecule has 1 aromatic carbocycles. The standard InChI is InChI=1S/C10H11N3OSe/c11-10(14)13-12-8-5-6-15-9-4-2-1-3-7(8)9/h1-4H,5-6H2,(H3,11,13,14). The van der Waals surface area contributed by atoms with Crippen molar-refractivity contribution in [1.29, 1.82) is 0 Å². The number of hydrogen-bond acceptors (Lipinski definition) is 2. The number of urea groups is 1. The molecule has 0 saturated carbocycles. The number of carbonyl (C=O) groups excluding carboxylic acids is 1. The first-order chi connectivity index (χ1) is 7.27. The van der Waals surface area contributed by atoms with Crippen molar-refractivity contribution in [3.8, 4) is 0 Å². The summed E-state index contributed by atoms with van der Waals surface area (Å²) in [6, 6.07) is 7.56. The molecule has 0 spiro atoms. The first-order valence-electron chi connectivity index (χ1n) is 4.61. The number of hydrazone groups is 1. The summed E-state index contributed by atoms with van der Waals surface area (Å²) in [5.41, 5.74) is 9.34. The number of hydrogen-bond donors (Lipinski definition) is 2. The molecular weight excluding hydrogens is 257 g/mol. The van der Waals surface area contributed by atoms with E-state index >= 15 is 0 Å². The summed E-state index contributed by atoms with van der Waals surface area (Å²) in [5, 5.41) is 5.15. The van der Waals surface area contributed by atoms with Gasteiger partial charge in [0.2, 0.25) is 0 Å². The Bertz CT molecular complexity index is 417. The van der Waals surface area contributed by atoms with Crippen LogP contribution >= 0.6 is 0 Å². The molecule has 0 unspecified atom stereocenters. The van der Waals surface area contributed by atoms with Gasteiger partial charge in [0.05, 0.1) is 0 Å². The SMILES string of the molecule is NC(=O)NN=C1CC[Se]c2ccccc21. The molecule has 2 rings (SSSR count). The van der Waals surface area contributed by atoms with Crippen LogP contribution in [0.3, 0.4) is 0 Å². The second-order valence-corrected chi connectivity index (χ2v) is 5.51. The molecule has 78 valence electrons. The molecule has 0 aliphatic carbocycles. The number of amides is 2. The Kier molecular flexibility index (Phi) is 3.04. The fraction of sp³-hybridized carbons (Fsp3) is 0.200. The van der Waals surface area contributed by atoms with Gasteiger partial charge in [0.15, 0.2) is 0 Å². The van der Waals surface area contributed by atoms with E-state index in [2.05, 4.69) is 16.6 Å². The molecule has 1 aliphatic heterocycles. The Morgan fingerprint density at radius 2 is 2.27 bits per heavy atom. The fourth-order valence-corrected chi connectivity index (χ4v) is 3.63. The van der Waals surface area contributed by atoms with Crippen molar-refractivity contribution < 1.29 is 4.79 Å². The molecule has 0 aromatic heterocycles. The molecule has 1 aromatic rings. The number of fused-ring (bicyclic) bond motifs is 1. The van der Waals surface area contributed by atoms with Crippen LogP contribution in [-0.2, 0) is 0 Å². The van der Waals surface area contributed by atoms with Crippen molar-refractivity contribution in [3.05, 3.63) is 29.8 Å². The van der Waals surface area contributed by atoms with Gasteiger partial charge in [0, 0.05) is 0 Å². The van der Waals surface area contributed by atoms with Gasteiger partial charge >= 0.3 is 93.8 Å². The van der Waals surface area contributed by atoms with E-state index < -0.39 is 6.03 Å². The molecular formula is C10H11N3OSe. The minimum atomic E-state index is -0.615. The van der Waals surface area contributed by atoms with Gasteiger partial charge in [-0.15, -0.1) is 0 Å². The number of carbonyl (C=O) groups is 1. The molecule has 0 saturated heterocycles. The number of benzene rings is 1. The summed E-state index contributed by atoms with van der Waals surface area (Å²) in [4.78, 5) is 10.6. The van der Waals surface area contributed by atoms with Gasteiger partial charge in [-0.3, -0.25) is 0 Å². The van der Waals surface area contributed by atoms with Gasteiger partial charge in [-0.05, 0) is 0 Å². The Balaban J connectivity index is 2.29. The molecule has 4 nitrogen and oxygen atoms in total.